The molecule has 0 fully saturated rings. The third-order valence-electron chi connectivity index (χ3n) is 2.37. The zero-order valence-corrected chi connectivity index (χ0v) is 10.5. The summed E-state index contributed by atoms with van der Waals surface area (Å²) in [6.45, 7) is 0. The van der Waals surface area contributed by atoms with Crippen molar-refractivity contribution >= 4 is 17.5 Å². The molecule has 0 atom stereocenters. The van der Waals surface area contributed by atoms with Gasteiger partial charge in [-0.25, -0.2) is 4.79 Å². The van der Waals surface area contributed by atoms with Crippen molar-refractivity contribution in [2.75, 3.05) is 11.5 Å². The van der Waals surface area contributed by atoms with E-state index in [-0.39, 0.29) is 5.75 Å². The summed E-state index contributed by atoms with van der Waals surface area (Å²) >= 11 is 0. The zero-order valence-electron chi connectivity index (χ0n) is 10.5. The fourth-order valence-electron chi connectivity index (χ4n) is 1.54. The topological polar surface area (TPSA) is 87.6 Å². The van der Waals surface area contributed by atoms with Crippen LogP contribution in [0.3, 0.4) is 0 Å². The summed E-state index contributed by atoms with van der Waals surface area (Å²) in [6, 6.07) is 10.9. The number of carbonyl (C=O) groups excluding carboxylic acids is 1. The van der Waals surface area contributed by atoms with E-state index in [9.17, 15) is 4.79 Å². The molecule has 0 aromatic heterocycles. The number of nitrogen functional groups attached to an aromatic ring is 2. The van der Waals surface area contributed by atoms with Gasteiger partial charge in [-0.3, -0.25) is 0 Å². The van der Waals surface area contributed by atoms with Crippen LogP contribution < -0.4 is 20.9 Å². The lowest BCUT2D eigenvalue weighted by Gasteiger charge is -2.07. The molecule has 100 valence electrons. The van der Waals surface area contributed by atoms with Crippen molar-refractivity contribution in [3.05, 3.63) is 48.0 Å². The quantitative estimate of drug-likeness (QED) is 0.378. The Morgan fingerprint density at radius 2 is 1.50 bits per heavy atom. The molecule has 0 heterocycles. The standard InChI is InChI=1S/C15H12N2O3/c1-2-10-3-5-13(6-4-10)19-15(18)20-14-8-11(16)7-12(17)9-14/h1,3-9H,16-17H2. The van der Waals surface area contributed by atoms with Crippen molar-refractivity contribution in [3.63, 3.8) is 0 Å². The molecule has 5 heteroatoms. The fourth-order valence-corrected chi connectivity index (χ4v) is 1.54. The molecule has 5 nitrogen and oxygen atoms in total. The van der Waals surface area contributed by atoms with Crippen LogP contribution in [-0.4, -0.2) is 6.16 Å². The number of rotatable bonds is 2. The van der Waals surface area contributed by atoms with Crippen LogP contribution in [0, 0.1) is 12.3 Å². The van der Waals surface area contributed by atoms with Crippen LogP contribution in [0.5, 0.6) is 11.5 Å². The highest BCUT2D eigenvalue weighted by molar-refractivity contribution is 5.69. The number of benzene rings is 2. The molecule has 2 aromatic rings. The third kappa shape index (κ3) is 3.43. The molecule has 0 saturated carbocycles. The largest absolute Gasteiger partial charge is 0.519 e. The SMILES string of the molecule is C#Cc1ccc(OC(=O)Oc2cc(N)cc(N)c2)cc1. The number of hydrogen-bond acceptors (Lipinski definition) is 5. The summed E-state index contributed by atoms with van der Waals surface area (Å²) in [5, 5.41) is 0. The van der Waals surface area contributed by atoms with Gasteiger partial charge < -0.3 is 20.9 Å². The Hall–Kier alpha value is -3.13. The van der Waals surface area contributed by atoms with Crippen LogP contribution in [0.4, 0.5) is 16.2 Å². The van der Waals surface area contributed by atoms with E-state index in [2.05, 4.69) is 5.92 Å². The van der Waals surface area contributed by atoms with Gasteiger partial charge in [-0.05, 0) is 30.3 Å². The fraction of sp³-hybridized carbons (Fsp3) is 0. The van der Waals surface area contributed by atoms with Crippen LogP contribution in [-0.2, 0) is 0 Å². The molecule has 4 N–H and O–H groups in total. The first-order chi connectivity index (χ1) is 9.56. The first kappa shape index (κ1) is 13.3. The first-order valence-corrected chi connectivity index (χ1v) is 5.69. The maximum absolute atomic E-state index is 11.6. The molecule has 0 spiro atoms. The number of nitrogens with two attached hydrogens (primary N) is 2. The van der Waals surface area contributed by atoms with Crippen LogP contribution in [0.1, 0.15) is 5.56 Å². The van der Waals surface area contributed by atoms with E-state index in [0.717, 1.165) is 0 Å². The number of terminal acetylenes is 1. The molecule has 0 aliphatic rings. The molecular formula is C15H12N2O3. The molecule has 0 radical (unpaired) electrons. The van der Waals surface area contributed by atoms with E-state index in [0.29, 0.717) is 22.7 Å². The van der Waals surface area contributed by atoms with Gasteiger partial charge in [0.05, 0.1) is 0 Å². The summed E-state index contributed by atoms with van der Waals surface area (Å²) in [5.74, 6) is 3.00. The lowest BCUT2D eigenvalue weighted by molar-refractivity contribution is 0.152. The Morgan fingerprint density at radius 3 is 2.05 bits per heavy atom. The number of anilines is 2. The molecule has 20 heavy (non-hydrogen) atoms. The average molecular weight is 268 g/mol. The lowest BCUT2D eigenvalue weighted by Crippen LogP contribution is -2.14. The molecule has 0 aliphatic heterocycles. The molecule has 0 aliphatic carbocycles. The van der Waals surface area contributed by atoms with Crippen molar-refractivity contribution in [1.82, 2.24) is 0 Å². The second-order valence-electron chi connectivity index (χ2n) is 3.96. The minimum Gasteiger partial charge on any atom is -0.399 e. The normalized spacial score (nSPS) is 9.55. The first-order valence-electron chi connectivity index (χ1n) is 5.69. The predicted molar refractivity (Wildman–Crippen MR) is 76.3 cm³/mol. The van der Waals surface area contributed by atoms with Crippen LogP contribution >= 0.6 is 0 Å². The van der Waals surface area contributed by atoms with Crippen molar-refractivity contribution in [2.45, 2.75) is 0 Å². The minimum absolute atomic E-state index is 0.216. The highest BCUT2D eigenvalue weighted by Gasteiger charge is 2.08. The molecule has 0 saturated heterocycles. The highest BCUT2D eigenvalue weighted by atomic mass is 16.7. The van der Waals surface area contributed by atoms with E-state index < -0.39 is 6.16 Å². The Kier molecular flexibility index (Phi) is 3.77. The molecule has 2 aromatic carbocycles. The highest BCUT2D eigenvalue weighted by Crippen LogP contribution is 2.21. The summed E-state index contributed by atoms with van der Waals surface area (Å²) < 4.78 is 9.96. The Bertz CT molecular complexity index is 652. The van der Waals surface area contributed by atoms with E-state index in [1.54, 1.807) is 30.3 Å². The third-order valence-corrected chi connectivity index (χ3v) is 2.37. The van der Waals surface area contributed by atoms with E-state index in [1.165, 1.54) is 12.1 Å². The van der Waals surface area contributed by atoms with E-state index in [1.807, 2.05) is 0 Å². The summed E-state index contributed by atoms with van der Waals surface area (Å²) in [5.41, 5.74) is 12.7. The van der Waals surface area contributed by atoms with Gasteiger partial charge in [-0.2, -0.15) is 0 Å². The van der Waals surface area contributed by atoms with Crippen molar-refractivity contribution in [1.29, 1.82) is 0 Å². The molecule has 0 unspecified atom stereocenters. The maximum atomic E-state index is 11.6. The lowest BCUT2D eigenvalue weighted by atomic mass is 10.2. The van der Waals surface area contributed by atoms with Crippen molar-refractivity contribution < 1.29 is 14.3 Å². The zero-order chi connectivity index (χ0) is 14.5. The van der Waals surface area contributed by atoms with Gasteiger partial charge in [0.15, 0.2) is 0 Å². The summed E-state index contributed by atoms with van der Waals surface area (Å²) in [6.07, 6.45) is 4.34. The Morgan fingerprint density at radius 1 is 0.950 bits per heavy atom. The second kappa shape index (κ2) is 5.67. The van der Waals surface area contributed by atoms with E-state index in [4.69, 9.17) is 27.4 Å². The van der Waals surface area contributed by atoms with Gasteiger partial charge in [0, 0.05) is 29.1 Å². The molecule has 2 rings (SSSR count). The average Bonchev–Trinajstić information content (AvgIpc) is 2.38. The van der Waals surface area contributed by atoms with Crippen molar-refractivity contribution in [3.8, 4) is 23.8 Å². The van der Waals surface area contributed by atoms with Crippen LogP contribution in [0.15, 0.2) is 42.5 Å². The number of carbonyl (C=O) groups is 1. The number of ether oxygens (including phenoxy) is 2. The second-order valence-corrected chi connectivity index (χ2v) is 3.96. The molecular weight excluding hydrogens is 256 g/mol. The minimum atomic E-state index is -0.886. The van der Waals surface area contributed by atoms with Crippen molar-refractivity contribution in [2.24, 2.45) is 0 Å². The van der Waals surface area contributed by atoms with Gasteiger partial charge >= 0.3 is 6.16 Å². The van der Waals surface area contributed by atoms with E-state index >= 15 is 0 Å². The Labute approximate surface area is 116 Å². The summed E-state index contributed by atoms with van der Waals surface area (Å²) in [7, 11) is 0. The summed E-state index contributed by atoms with van der Waals surface area (Å²) in [4.78, 5) is 11.6. The van der Waals surface area contributed by atoms with Gasteiger partial charge in [-0.1, -0.05) is 5.92 Å². The molecule has 0 amide bonds. The van der Waals surface area contributed by atoms with Gasteiger partial charge in [0.2, 0.25) is 0 Å². The molecule has 0 bridgehead atoms. The monoisotopic (exact) mass is 268 g/mol. The number of hydrogen-bond donors (Lipinski definition) is 2. The maximum Gasteiger partial charge on any atom is 0.519 e. The van der Waals surface area contributed by atoms with Gasteiger partial charge in [0.1, 0.15) is 11.5 Å². The Balaban J connectivity index is 2.03. The van der Waals surface area contributed by atoms with Gasteiger partial charge in [0.25, 0.3) is 0 Å². The van der Waals surface area contributed by atoms with Crippen LogP contribution in [0.2, 0.25) is 0 Å². The smallest absolute Gasteiger partial charge is 0.399 e. The predicted octanol–water partition coefficient (Wildman–Crippen LogP) is 2.41. The van der Waals surface area contributed by atoms with Crippen LogP contribution in [0.25, 0.3) is 0 Å². The van der Waals surface area contributed by atoms with Gasteiger partial charge in [-0.15, -0.1) is 6.42 Å².